The second-order valence-electron chi connectivity index (χ2n) is 11.9. The normalized spacial score (nSPS) is 12.6. The van der Waals surface area contributed by atoms with Gasteiger partial charge in [0.15, 0.2) is 0 Å². The summed E-state index contributed by atoms with van der Waals surface area (Å²) in [7, 11) is -2.87. The van der Waals surface area contributed by atoms with Crippen LogP contribution in [-0.4, -0.2) is 21.1 Å². The molecule has 0 amide bonds. The fourth-order valence-corrected chi connectivity index (χ4v) is 9.32. The maximum atomic E-state index is 4.96. The molecule has 0 bridgehead atoms. The van der Waals surface area contributed by atoms with E-state index in [0.717, 1.165) is 5.69 Å². The topological polar surface area (TPSA) is 12.9 Å². The van der Waals surface area contributed by atoms with E-state index in [1.54, 1.807) is 0 Å². The monoisotopic (exact) mass is 509 g/mol. The molecule has 0 aliphatic heterocycles. The largest absolute Gasteiger partial charge is 0.255 e. The Kier molecular flexibility index (Phi) is 5.90. The molecule has 5 rings (SSSR count). The maximum Gasteiger partial charge on any atom is 0.0880 e. The van der Waals surface area contributed by atoms with E-state index in [1.807, 2.05) is 17.5 Å². The molecule has 0 aliphatic carbocycles. The van der Waals surface area contributed by atoms with Gasteiger partial charge in [-0.05, 0) is 58.8 Å². The lowest BCUT2D eigenvalue weighted by atomic mass is 10.0. The van der Waals surface area contributed by atoms with E-state index in [-0.39, 0.29) is 0 Å². The number of nitrogens with zero attached hydrogens (tertiary/aromatic N) is 1. The van der Waals surface area contributed by atoms with Crippen molar-refractivity contribution in [3.63, 3.8) is 0 Å². The highest BCUT2D eigenvalue weighted by molar-refractivity contribution is 7.23. The first kappa shape index (κ1) is 24.2. The summed E-state index contributed by atoms with van der Waals surface area (Å²) in [5.74, 6) is 0. The van der Waals surface area contributed by atoms with Gasteiger partial charge in [0.1, 0.15) is 0 Å². The number of hydrogen-bond acceptors (Lipinski definition) is 2. The molecule has 0 atom stereocenters. The van der Waals surface area contributed by atoms with E-state index in [4.69, 9.17) is 4.98 Å². The number of fused-ring (bicyclic) bond motifs is 2. The van der Waals surface area contributed by atoms with Gasteiger partial charge in [0.2, 0.25) is 0 Å². The molecule has 4 heteroatoms. The van der Waals surface area contributed by atoms with Crippen LogP contribution in [0.25, 0.3) is 42.6 Å². The highest BCUT2D eigenvalue weighted by atomic mass is 32.1. The highest BCUT2D eigenvalue weighted by Gasteiger charge is 2.23. The summed E-state index contributed by atoms with van der Waals surface area (Å²) in [4.78, 5) is 6.33. The predicted octanol–water partition coefficient (Wildman–Crippen LogP) is 8.49. The Morgan fingerprint density at radius 3 is 2.17 bits per heavy atom. The smallest absolute Gasteiger partial charge is 0.0880 e. The molecule has 0 spiro atoms. The van der Waals surface area contributed by atoms with Gasteiger partial charge in [0.05, 0.1) is 26.5 Å². The van der Waals surface area contributed by atoms with Crippen molar-refractivity contribution >= 4 is 58.7 Å². The van der Waals surface area contributed by atoms with Crippen LogP contribution in [-0.2, 0) is 0 Å². The average molecular weight is 510 g/mol. The quantitative estimate of drug-likeness (QED) is 0.221. The molecule has 35 heavy (non-hydrogen) atoms. The molecule has 2 heterocycles. The van der Waals surface area contributed by atoms with Crippen molar-refractivity contribution < 1.29 is 0 Å². The Labute approximate surface area is 215 Å². The third-order valence-electron chi connectivity index (χ3n) is 7.13. The van der Waals surface area contributed by atoms with Crippen LogP contribution in [0.5, 0.6) is 0 Å². The summed E-state index contributed by atoms with van der Waals surface area (Å²) < 4.78 is 1.30. The van der Waals surface area contributed by atoms with Gasteiger partial charge in [0.25, 0.3) is 0 Å². The zero-order valence-corrected chi connectivity index (χ0v) is 25.0. The molecular formula is C31H35NSSi2. The van der Waals surface area contributed by atoms with Crippen LogP contribution in [0.1, 0.15) is 11.1 Å². The number of aromatic nitrogens is 1. The summed E-state index contributed by atoms with van der Waals surface area (Å²) in [5.41, 5.74) is 6.45. The van der Waals surface area contributed by atoms with E-state index in [1.165, 1.54) is 58.4 Å². The minimum atomic E-state index is -1.54. The van der Waals surface area contributed by atoms with E-state index < -0.39 is 16.1 Å². The number of hydrogen-bond donors (Lipinski definition) is 0. The Morgan fingerprint density at radius 1 is 0.743 bits per heavy atom. The lowest BCUT2D eigenvalue weighted by molar-refractivity contribution is 1.36. The molecule has 0 radical (unpaired) electrons. The van der Waals surface area contributed by atoms with Crippen molar-refractivity contribution in [3.05, 3.63) is 78.0 Å². The van der Waals surface area contributed by atoms with Crippen LogP contribution in [0, 0.1) is 13.8 Å². The molecule has 0 unspecified atom stereocenters. The molecule has 0 aliphatic rings. The van der Waals surface area contributed by atoms with Crippen molar-refractivity contribution in [2.45, 2.75) is 53.1 Å². The summed E-state index contributed by atoms with van der Waals surface area (Å²) in [6.45, 7) is 19.1. The molecule has 3 aromatic carbocycles. The molecule has 1 nitrogen and oxygen atoms in total. The zero-order valence-electron chi connectivity index (χ0n) is 22.2. The lowest BCUT2D eigenvalue weighted by Crippen LogP contribution is -2.38. The van der Waals surface area contributed by atoms with Crippen molar-refractivity contribution in [1.82, 2.24) is 4.98 Å². The molecule has 0 saturated heterocycles. The first-order valence-electron chi connectivity index (χ1n) is 12.5. The van der Waals surface area contributed by atoms with Gasteiger partial charge >= 0.3 is 0 Å². The number of aryl methyl sites for hydroxylation is 2. The van der Waals surface area contributed by atoms with Crippen molar-refractivity contribution in [3.8, 4) is 21.7 Å². The van der Waals surface area contributed by atoms with Gasteiger partial charge in [-0.1, -0.05) is 98.2 Å². The van der Waals surface area contributed by atoms with Gasteiger partial charge in [0, 0.05) is 16.6 Å². The first-order chi connectivity index (χ1) is 16.4. The molecule has 0 N–H and O–H groups in total. The van der Waals surface area contributed by atoms with E-state index in [0.29, 0.717) is 0 Å². The van der Waals surface area contributed by atoms with Crippen LogP contribution < -0.4 is 10.4 Å². The molecule has 2 aromatic heterocycles. The Morgan fingerprint density at radius 2 is 1.49 bits per heavy atom. The minimum absolute atomic E-state index is 1.11. The first-order valence-corrected chi connectivity index (χ1v) is 20.3. The van der Waals surface area contributed by atoms with Crippen molar-refractivity contribution in [2.24, 2.45) is 0 Å². The summed E-state index contributed by atoms with van der Waals surface area (Å²) in [6, 6.07) is 22.9. The van der Waals surface area contributed by atoms with E-state index in [2.05, 4.69) is 114 Å². The fraction of sp³-hybridized carbons (Fsp3) is 0.258. The third kappa shape index (κ3) is 4.33. The van der Waals surface area contributed by atoms with E-state index in [9.17, 15) is 0 Å². The molecular weight excluding hydrogens is 475 g/mol. The Bertz CT molecular complexity index is 1580. The standard InChI is InChI=1S/C31H35NSSi2/c1-20-17-24(34(3,4)5)13-14-25(20)30-21(2)26-15-16-32-29(31(26)33-30)23-18-22-11-9-10-12-27(22)28(19-23)35(6,7)8/h9-19H,1-8H3. The maximum absolute atomic E-state index is 4.96. The molecule has 178 valence electrons. The van der Waals surface area contributed by atoms with E-state index >= 15 is 0 Å². The van der Waals surface area contributed by atoms with Gasteiger partial charge in [-0.25, -0.2) is 0 Å². The Balaban J connectivity index is 1.73. The lowest BCUT2D eigenvalue weighted by Gasteiger charge is -2.21. The van der Waals surface area contributed by atoms with Crippen LogP contribution in [0.2, 0.25) is 39.3 Å². The van der Waals surface area contributed by atoms with Crippen LogP contribution in [0.15, 0.2) is 66.9 Å². The van der Waals surface area contributed by atoms with Crippen LogP contribution in [0.3, 0.4) is 0 Å². The van der Waals surface area contributed by atoms with Crippen molar-refractivity contribution in [1.29, 1.82) is 0 Å². The second-order valence-corrected chi connectivity index (χ2v) is 23.0. The SMILES string of the molecule is Cc1cc([Si](C)(C)C)ccc1-c1sc2c(-c3cc([Si](C)(C)C)c4ccccc4c3)nccc2c1C. The summed E-state index contributed by atoms with van der Waals surface area (Å²) in [5, 5.41) is 7.06. The average Bonchev–Trinajstić information content (AvgIpc) is 3.13. The molecule has 0 fully saturated rings. The fourth-order valence-electron chi connectivity index (χ4n) is 5.06. The summed E-state index contributed by atoms with van der Waals surface area (Å²) in [6.07, 6.45) is 1.99. The summed E-state index contributed by atoms with van der Waals surface area (Å²) >= 11 is 1.90. The molecule has 5 aromatic rings. The van der Waals surface area contributed by atoms with Gasteiger partial charge < -0.3 is 0 Å². The van der Waals surface area contributed by atoms with Gasteiger partial charge in [-0.15, -0.1) is 11.3 Å². The molecule has 0 saturated carbocycles. The predicted molar refractivity (Wildman–Crippen MR) is 163 cm³/mol. The second kappa shape index (κ2) is 8.54. The third-order valence-corrected chi connectivity index (χ3v) is 12.6. The zero-order chi connectivity index (χ0) is 25.1. The Hall–Kier alpha value is -2.54. The van der Waals surface area contributed by atoms with Crippen molar-refractivity contribution in [2.75, 3.05) is 0 Å². The number of thiophene rings is 1. The van der Waals surface area contributed by atoms with Crippen LogP contribution in [0.4, 0.5) is 0 Å². The highest BCUT2D eigenvalue weighted by Crippen LogP contribution is 2.43. The minimum Gasteiger partial charge on any atom is -0.255 e. The number of rotatable bonds is 4. The van der Waals surface area contributed by atoms with Crippen LogP contribution >= 0.6 is 11.3 Å². The van der Waals surface area contributed by atoms with Gasteiger partial charge in [-0.3, -0.25) is 4.98 Å². The number of pyridine rings is 1. The number of benzene rings is 3. The van der Waals surface area contributed by atoms with Gasteiger partial charge in [-0.2, -0.15) is 0 Å².